The van der Waals surface area contributed by atoms with Crippen LogP contribution in [0.25, 0.3) is 11.0 Å². The van der Waals surface area contributed by atoms with E-state index >= 15 is 0 Å². The molecule has 0 saturated heterocycles. The summed E-state index contributed by atoms with van der Waals surface area (Å²) in [5, 5.41) is 0. The number of benzene rings is 1. The van der Waals surface area contributed by atoms with E-state index in [1.807, 2.05) is 26.0 Å². The number of ether oxygens (including phenoxy) is 1. The van der Waals surface area contributed by atoms with Crippen LogP contribution in [-0.2, 0) is 13.0 Å². The number of alkyl halides is 1. The highest BCUT2D eigenvalue weighted by molar-refractivity contribution is 6.17. The lowest BCUT2D eigenvalue weighted by atomic mass is 10.3. The Kier molecular flexibility index (Phi) is 4.12. The van der Waals surface area contributed by atoms with E-state index in [0.29, 0.717) is 5.88 Å². The number of hydrogen-bond acceptors (Lipinski definition) is 2. The zero-order valence-electron chi connectivity index (χ0n) is 11.1. The van der Waals surface area contributed by atoms with Crippen LogP contribution in [-0.4, -0.2) is 21.5 Å². The molecule has 2 aromatic rings. The van der Waals surface area contributed by atoms with Crippen LogP contribution in [0, 0.1) is 0 Å². The van der Waals surface area contributed by atoms with Crippen molar-refractivity contribution in [2.75, 3.05) is 5.88 Å². The number of fused-ring (bicyclic) bond motifs is 1. The van der Waals surface area contributed by atoms with Crippen molar-refractivity contribution in [3.05, 3.63) is 24.0 Å². The van der Waals surface area contributed by atoms with Gasteiger partial charge in [0.2, 0.25) is 0 Å². The Labute approximate surface area is 113 Å². The monoisotopic (exact) mass is 266 g/mol. The molecule has 0 radical (unpaired) electrons. The van der Waals surface area contributed by atoms with Crippen LogP contribution in [0.15, 0.2) is 18.2 Å². The molecule has 18 heavy (non-hydrogen) atoms. The Morgan fingerprint density at radius 1 is 1.39 bits per heavy atom. The Hall–Kier alpha value is -1.22. The predicted octanol–water partition coefficient (Wildman–Crippen LogP) is 3.62. The van der Waals surface area contributed by atoms with Gasteiger partial charge >= 0.3 is 0 Å². The second kappa shape index (κ2) is 5.61. The fraction of sp³-hybridized carbons (Fsp3) is 0.500. The number of imidazole rings is 1. The van der Waals surface area contributed by atoms with Crippen molar-refractivity contribution in [2.24, 2.45) is 0 Å². The molecule has 0 spiro atoms. The normalized spacial score (nSPS) is 11.4. The van der Waals surface area contributed by atoms with E-state index in [0.717, 1.165) is 35.6 Å². The van der Waals surface area contributed by atoms with Crippen LogP contribution in [0.1, 0.15) is 26.6 Å². The van der Waals surface area contributed by atoms with E-state index < -0.39 is 0 Å². The molecule has 0 aliphatic heterocycles. The summed E-state index contributed by atoms with van der Waals surface area (Å²) in [5.74, 6) is 2.47. The summed E-state index contributed by atoms with van der Waals surface area (Å²) in [6.45, 7) is 7.06. The van der Waals surface area contributed by atoms with Crippen molar-refractivity contribution in [2.45, 2.75) is 39.8 Å². The number of hydrogen-bond donors (Lipinski definition) is 0. The van der Waals surface area contributed by atoms with Gasteiger partial charge in [0.15, 0.2) is 0 Å². The standard InChI is InChI=1S/C14H19ClN2O/c1-4-17-11-6-5-7-12(18-10(2)3)14(11)16-13(17)8-9-15/h5-7,10H,4,8-9H2,1-3H3. The van der Waals surface area contributed by atoms with Gasteiger partial charge in [0.25, 0.3) is 0 Å². The number of aromatic nitrogens is 2. The maximum atomic E-state index is 5.83. The van der Waals surface area contributed by atoms with E-state index in [1.165, 1.54) is 0 Å². The van der Waals surface area contributed by atoms with Gasteiger partial charge in [-0.15, -0.1) is 11.6 Å². The average Bonchev–Trinajstić information content (AvgIpc) is 2.67. The molecular weight excluding hydrogens is 248 g/mol. The number of halogens is 1. The van der Waals surface area contributed by atoms with Crippen LogP contribution in [0.4, 0.5) is 0 Å². The summed E-state index contributed by atoms with van der Waals surface area (Å²) in [6, 6.07) is 6.06. The molecule has 4 heteroatoms. The van der Waals surface area contributed by atoms with E-state index in [-0.39, 0.29) is 6.10 Å². The summed E-state index contributed by atoms with van der Waals surface area (Å²) in [6.07, 6.45) is 0.935. The molecule has 1 aromatic heterocycles. The molecule has 0 amide bonds. The predicted molar refractivity (Wildman–Crippen MR) is 75.6 cm³/mol. The Bertz CT molecular complexity index is 534. The zero-order valence-corrected chi connectivity index (χ0v) is 11.9. The Morgan fingerprint density at radius 3 is 2.78 bits per heavy atom. The summed E-state index contributed by atoms with van der Waals surface area (Å²) >= 11 is 5.83. The third kappa shape index (κ3) is 2.46. The molecule has 2 rings (SSSR count). The molecule has 1 heterocycles. The summed E-state index contributed by atoms with van der Waals surface area (Å²) in [4.78, 5) is 4.68. The third-order valence-electron chi connectivity index (χ3n) is 2.82. The van der Waals surface area contributed by atoms with E-state index in [2.05, 4.69) is 22.5 Å². The highest BCUT2D eigenvalue weighted by atomic mass is 35.5. The topological polar surface area (TPSA) is 27.1 Å². The third-order valence-corrected chi connectivity index (χ3v) is 3.01. The average molecular weight is 267 g/mol. The lowest BCUT2D eigenvalue weighted by Crippen LogP contribution is -2.05. The van der Waals surface area contributed by atoms with Crippen molar-refractivity contribution in [3.8, 4) is 5.75 Å². The van der Waals surface area contributed by atoms with Crippen molar-refractivity contribution < 1.29 is 4.74 Å². The maximum Gasteiger partial charge on any atom is 0.147 e. The lowest BCUT2D eigenvalue weighted by molar-refractivity contribution is 0.245. The summed E-state index contributed by atoms with van der Waals surface area (Å²) in [5.41, 5.74) is 2.06. The first-order valence-corrected chi connectivity index (χ1v) is 6.91. The zero-order chi connectivity index (χ0) is 13.1. The van der Waals surface area contributed by atoms with Crippen LogP contribution in [0.3, 0.4) is 0 Å². The highest BCUT2D eigenvalue weighted by Crippen LogP contribution is 2.27. The first-order valence-electron chi connectivity index (χ1n) is 6.38. The minimum atomic E-state index is 0.152. The first kappa shape index (κ1) is 13.2. The van der Waals surface area contributed by atoms with Gasteiger partial charge in [0, 0.05) is 18.8 Å². The molecule has 0 aliphatic carbocycles. The summed E-state index contributed by atoms with van der Waals surface area (Å²) < 4.78 is 8.01. The van der Waals surface area contributed by atoms with E-state index in [4.69, 9.17) is 16.3 Å². The second-order valence-electron chi connectivity index (χ2n) is 4.50. The molecule has 0 fully saturated rings. The first-order chi connectivity index (χ1) is 8.67. The number of nitrogens with zero attached hydrogens (tertiary/aromatic N) is 2. The number of rotatable bonds is 5. The summed E-state index contributed by atoms with van der Waals surface area (Å²) in [7, 11) is 0. The molecule has 0 aliphatic rings. The van der Waals surface area contributed by atoms with Gasteiger partial charge < -0.3 is 9.30 Å². The quantitative estimate of drug-likeness (QED) is 0.773. The molecule has 0 saturated carbocycles. The van der Waals surface area contributed by atoms with Crippen molar-refractivity contribution >= 4 is 22.6 Å². The van der Waals surface area contributed by atoms with Crippen molar-refractivity contribution in [3.63, 3.8) is 0 Å². The molecular formula is C14H19ClN2O. The van der Waals surface area contributed by atoms with Crippen LogP contribution >= 0.6 is 11.6 Å². The van der Waals surface area contributed by atoms with Crippen molar-refractivity contribution in [1.82, 2.24) is 9.55 Å². The van der Waals surface area contributed by atoms with E-state index in [1.54, 1.807) is 0 Å². The van der Waals surface area contributed by atoms with Crippen LogP contribution < -0.4 is 4.74 Å². The Balaban J connectivity index is 2.55. The fourth-order valence-corrected chi connectivity index (χ4v) is 2.32. The molecule has 0 atom stereocenters. The Morgan fingerprint density at radius 2 is 2.17 bits per heavy atom. The van der Waals surface area contributed by atoms with E-state index in [9.17, 15) is 0 Å². The highest BCUT2D eigenvalue weighted by Gasteiger charge is 2.13. The fourth-order valence-electron chi connectivity index (χ4n) is 2.15. The molecule has 0 unspecified atom stereocenters. The second-order valence-corrected chi connectivity index (χ2v) is 4.88. The molecule has 0 N–H and O–H groups in total. The van der Waals surface area contributed by atoms with Gasteiger partial charge in [-0.3, -0.25) is 0 Å². The smallest absolute Gasteiger partial charge is 0.147 e. The van der Waals surface area contributed by atoms with Gasteiger partial charge in [-0.1, -0.05) is 6.07 Å². The number of para-hydroxylation sites is 1. The molecule has 3 nitrogen and oxygen atoms in total. The van der Waals surface area contributed by atoms with Gasteiger partial charge in [-0.25, -0.2) is 4.98 Å². The van der Waals surface area contributed by atoms with Gasteiger partial charge in [0.05, 0.1) is 11.6 Å². The minimum Gasteiger partial charge on any atom is -0.489 e. The minimum absolute atomic E-state index is 0.152. The van der Waals surface area contributed by atoms with Gasteiger partial charge in [0.1, 0.15) is 17.1 Å². The van der Waals surface area contributed by atoms with Crippen LogP contribution in [0.2, 0.25) is 0 Å². The molecule has 1 aromatic carbocycles. The lowest BCUT2D eigenvalue weighted by Gasteiger charge is -2.10. The van der Waals surface area contributed by atoms with Gasteiger partial charge in [-0.2, -0.15) is 0 Å². The SMILES string of the molecule is CCn1c(CCCl)nc2c(OC(C)C)cccc21. The van der Waals surface area contributed by atoms with Crippen LogP contribution in [0.5, 0.6) is 5.75 Å². The number of aryl methyl sites for hydroxylation is 2. The molecule has 98 valence electrons. The van der Waals surface area contributed by atoms with Gasteiger partial charge in [-0.05, 0) is 32.9 Å². The largest absolute Gasteiger partial charge is 0.489 e. The maximum absolute atomic E-state index is 5.83. The molecule has 0 bridgehead atoms. The van der Waals surface area contributed by atoms with Crippen molar-refractivity contribution in [1.29, 1.82) is 0 Å².